The van der Waals surface area contributed by atoms with Crippen LogP contribution in [0.1, 0.15) is 38.3 Å². The zero-order valence-corrected chi connectivity index (χ0v) is 11.8. The number of rotatable bonds is 6. The Bertz CT molecular complexity index is 483. The van der Waals surface area contributed by atoms with Crippen LogP contribution in [-0.2, 0) is 4.79 Å². The van der Waals surface area contributed by atoms with Gasteiger partial charge in [-0.05, 0) is 29.5 Å². The molecule has 0 aliphatic rings. The van der Waals surface area contributed by atoms with Gasteiger partial charge in [-0.3, -0.25) is 4.79 Å². The Hall–Kier alpha value is -1.76. The molecule has 1 rings (SSSR count). The van der Waals surface area contributed by atoms with Gasteiger partial charge in [-0.25, -0.2) is 0 Å². The quantitative estimate of drug-likeness (QED) is 0.844. The number of halogens is 3. The smallest absolute Gasteiger partial charge is 0.481 e. The van der Waals surface area contributed by atoms with Crippen molar-refractivity contribution in [3.8, 4) is 5.75 Å². The highest BCUT2D eigenvalue weighted by atomic mass is 19.4. The van der Waals surface area contributed by atoms with E-state index < -0.39 is 23.8 Å². The van der Waals surface area contributed by atoms with Gasteiger partial charge < -0.3 is 15.6 Å². The first-order chi connectivity index (χ1) is 9.48. The van der Waals surface area contributed by atoms with Crippen molar-refractivity contribution in [3.63, 3.8) is 0 Å². The van der Waals surface area contributed by atoms with Gasteiger partial charge in [-0.15, -0.1) is 13.2 Å². The lowest BCUT2D eigenvalue weighted by Gasteiger charge is -2.26. The average molecular weight is 305 g/mol. The van der Waals surface area contributed by atoms with E-state index in [1.54, 1.807) is 13.8 Å². The van der Waals surface area contributed by atoms with E-state index in [2.05, 4.69) is 4.74 Å². The molecule has 1 aromatic rings. The SMILES string of the molecule is CC(C)(CC(=O)O)CC(N)c1ccc(OC(F)(F)F)cc1. The zero-order valence-electron chi connectivity index (χ0n) is 11.8. The Morgan fingerprint density at radius 2 is 1.81 bits per heavy atom. The third-order valence-corrected chi connectivity index (χ3v) is 2.94. The molecule has 1 atom stereocenters. The zero-order chi connectivity index (χ0) is 16.3. The molecule has 0 radical (unpaired) electrons. The summed E-state index contributed by atoms with van der Waals surface area (Å²) in [5.74, 6) is -1.23. The Kier molecular flexibility index (Phi) is 5.22. The fraction of sp³-hybridized carbons (Fsp3) is 0.500. The van der Waals surface area contributed by atoms with Gasteiger partial charge in [-0.2, -0.15) is 0 Å². The summed E-state index contributed by atoms with van der Waals surface area (Å²) >= 11 is 0. The molecule has 0 spiro atoms. The number of benzene rings is 1. The number of hydrogen-bond donors (Lipinski definition) is 2. The van der Waals surface area contributed by atoms with Gasteiger partial charge in [0, 0.05) is 6.04 Å². The Balaban J connectivity index is 2.71. The van der Waals surface area contributed by atoms with Crippen LogP contribution in [0.5, 0.6) is 5.75 Å². The van der Waals surface area contributed by atoms with Crippen LogP contribution >= 0.6 is 0 Å². The topological polar surface area (TPSA) is 72.5 Å². The minimum Gasteiger partial charge on any atom is -0.481 e. The Morgan fingerprint density at radius 3 is 2.24 bits per heavy atom. The second-order valence-electron chi connectivity index (χ2n) is 5.66. The molecule has 21 heavy (non-hydrogen) atoms. The molecule has 0 aromatic heterocycles. The van der Waals surface area contributed by atoms with Crippen molar-refractivity contribution in [3.05, 3.63) is 29.8 Å². The monoisotopic (exact) mass is 305 g/mol. The third-order valence-electron chi connectivity index (χ3n) is 2.94. The lowest BCUT2D eigenvalue weighted by molar-refractivity contribution is -0.274. The van der Waals surface area contributed by atoms with E-state index in [1.807, 2.05) is 0 Å². The van der Waals surface area contributed by atoms with Crippen LogP contribution in [-0.4, -0.2) is 17.4 Å². The van der Waals surface area contributed by atoms with E-state index in [4.69, 9.17) is 10.8 Å². The maximum absolute atomic E-state index is 12.0. The molecule has 7 heteroatoms. The normalized spacial score (nSPS) is 13.8. The van der Waals surface area contributed by atoms with Crippen LogP contribution < -0.4 is 10.5 Å². The second kappa shape index (κ2) is 6.34. The highest BCUT2D eigenvalue weighted by Crippen LogP contribution is 2.32. The van der Waals surface area contributed by atoms with Crippen molar-refractivity contribution in [1.29, 1.82) is 0 Å². The molecule has 0 bridgehead atoms. The largest absolute Gasteiger partial charge is 0.573 e. The van der Waals surface area contributed by atoms with Crippen LogP contribution in [0.15, 0.2) is 24.3 Å². The van der Waals surface area contributed by atoms with Gasteiger partial charge >= 0.3 is 12.3 Å². The van der Waals surface area contributed by atoms with Gasteiger partial charge in [0.15, 0.2) is 0 Å². The molecule has 0 aliphatic carbocycles. The minimum atomic E-state index is -4.73. The standard InChI is InChI=1S/C14H18F3NO3/c1-13(2,8-12(19)20)7-11(18)9-3-5-10(6-4-9)21-14(15,16)17/h3-6,11H,7-8,18H2,1-2H3,(H,19,20). The summed E-state index contributed by atoms with van der Waals surface area (Å²) < 4.78 is 39.9. The number of hydrogen-bond acceptors (Lipinski definition) is 3. The summed E-state index contributed by atoms with van der Waals surface area (Å²) in [6.45, 7) is 3.56. The summed E-state index contributed by atoms with van der Waals surface area (Å²) in [6.07, 6.45) is -4.36. The highest BCUT2D eigenvalue weighted by molar-refractivity contribution is 5.67. The Labute approximate surface area is 120 Å². The van der Waals surface area contributed by atoms with Crippen molar-refractivity contribution in [2.24, 2.45) is 11.1 Å². The van der Waals surface area contributed by atoms with Crippen molar-refractivity contribution < 1.29 is 27.8 Å². The number of ether oxygens (including phenoxy) is 1. The first-order valence-electron chi connectivity index (χ1n) is 6.32. The number of aliphatic carboxylic acids is 1. The maximum atomic E-state index is 12.0. The molecule has 0 fully saturated rings. The Morgan fingerprint density at radius 1 is 1.29 bits per heavy atom. The molecule has 1 unspecified atom stereocenters. The summed E-state index contributed by atoms with van der Waals surface area (Å²) in [5.41, 5.74) is 6.10. The van der Waals surface area contributed by atoms with Crippen LogP contribution in [0.4, 0.5) is 13.2 Å². The van der Waals surface area contributed by atoms with E-state index in [1.165, 1.54) is 24.3 Å². The fourth-order valence-corrected chi connectivity index (χ4v) is 2.11. The molecular weight excluding hydrogens is 287 g/mol. The van der Waals surface area contributed by atoms with E-state index in [0.29, 0.717) is 12.0 Å². The second-order valence-corrected chi connectivity index (χ2v) is 5.66. The molecule has 4 nitrogen and oxygen atoms in total. The minimum absolute atomic E-state index is 0.0318. The van der Waals surface area contributed by atoms with Gasteiger partial charge in [0.05, 0.1) is 6.42 Å². The van der Waals surface area contributed by atoms with Crippen LogP contribution in [0, 0.1) is 5.41 Å². The van der Waals surface area contributed by atoms with Gasteiger partial charge in [-0.1, -0.05) is 26.0 Å². The van der Waals surface area contributed by atoms with Crippen molar-refractivity contribution in [2.75, 3.05) is 0 Å². The molecule has 0 saturated heterocycles. The first-order valence-corrected chi connectivity index (χ1v) is 6.32. The molecule has 3 N–H and O–H groups in total. The molecule has 0 amide bonds. The van der Waals surface area contributed by atoms with Crippen LogP contribution in [0.3, 0.4) is 0 Å². The predicted molar refractivity (Wildman–Crippen MR) is 70.7 cm³/mol. The van der Waals surface area contributed by atoms with E-state index in [-0.39, 0.29) is 12.2 Å². The first kappa shape index (κ1) is 17.3. The van der Waals surface area contributed by atoms with E-state index in [0.717, 1.165) is 0 Å². The summed E-state index contributed by atoms with van der Waals surface area (Å²) in [7, 11) is 0. The molecule has 1 aromatic carbocycles. The number of carboxylic acids is 1. The molecule has 0 heterocycles. The van der Waals surface area contributed by atoms with Crippen molar-refractivity contribution in [2.45, 2.75) is 39.1 Å². The molecule has 0 aliphatic heterocycles. The number of carboxylic acid groups (broad SMARTS) is 1. The lowest BCUT2D eigenvalue weighted by atomic mass is 9.81. The molecule has 0 saturated carbocycles. The molecular formula is C14H18F3NO3. The van der Waals surface area contributed by atoms with Gasteiger partial charge in [0.1, 0.15) is 5.75 Å². The van der Waals surface area contributed by atoms with Crippen LogP contribution in [0.2, 0.25) is 0 Å². The van der Waals surface area contributed by atoms with Crippen molar-refractivity contribution >= 4 is 5.97 Å². The summed E-state index contributed by atoms with van der Waals surface area (Å²) in [4.78, 5) is 10.7. The van der Waals surface area contributed by atoms with Crippen molar-refractivity contribution in [1.82, 2.24) is 0 Å². The molecule has 118 valence electrons. The predicted octanol–water partition coefficient (Wildman–Crippen LogP) is 3.48. The maximum Gasteiger partial charge on any atom is 0.573 e. The third kappa shape index (κ3) is 6.48. The fourth-order valence-electron chi connectivity index (χ4n) is 2.11. The number of nitrogens with two attached hydrogens (primary N) is 1. The van der Waals surface area contributed by atoms with E-state index >= 15 is 0 Å². The number of carbonyl (C=O) groups is 1. The van der Waals surface area contributed by atoms with E-state index in [9.17, 15) is 18.0 Å². The summed E-state index contributed by atoms with van der Waals surface area (Å²) in [6, 6.07) is 4.81. The average Bonchev–Trinajstić information content (AvgIpc) is 2.24. The van der Waals surface area contributed by atoms with Crippen LogP contribution in [0.25, 0.3) is 0 Å². The highest BCUT2D eigenvalue weighted by Gasteiger charge is 2.31. The van der Waals surface area contributed by atoms with Gasteiger partial charge in [0.2, 0.25) is 0 Å². The summed E-state index contributed by atoms with van der Waals surface area (Å²) in [5, 5.41) is 8.81. The number of alkyl halides is 3. The van der Waals surface area contributed by atoms with Gasteiger partial charge in [0.25, 0.3) is 0 Å². The lowest BCUT2D eigenvalue weighted by Crippen LogP contribution is -2.24.